The molecule has 1 heterocycles. The Labute approximate surface area is 277 Å². The van der Waals surface area contributed by atoms with Crippen molar-refractivity contribution in [2.24, 2.45) is 28.8 Å². The number of nitroso groups, excluding NO2 is 1. The molecule has 9 atom stereocenters. The second kappa shape index (κ2) is 19.4. The highest BCUT2D eigenvalue weighted by atomic mass is 16.9. The lowest BCUT2D eigenvalue weighted by molar-refractivity contribution is -0.395. The largest absolute Gasteiger partial charge is 0.393 e. The van der Waals surface area contributed by atoms with E-state index in [4.69, 9.17) is 4.84 Å². The molecule has 46 heavy (non-hydrogen) atoms. The first-order chi connectivity index (χ1) is 21.6. The smallest absolute Gasteiger partial charge is 0.160 e. The average molecular weight is 653 g/mol. The Morgan fingerprint density at radius 1 is 0.870 bits per heavy atom. The summed E-state index contributed by atoms with van der Waals surface area (Å²) in [6.07, 6.45) is 17.6. The molecule has 4 aliphatic rings. The summed E-state index contributed by atoms with van der Waals surface area (Å²) in [5.41, 5.74) is -1.96. The molecule has 0 amide bonds. The molecule has 266 valence electrons. The van der Waals surface area contributed by atoms with E-state index < -0.39 is 11.1 Å². The van der Waals surface area contributed by atoms with Gasteiger partial charge in [0.15, 0.2) is 17.1 Å². The molecule has 1 saturated heterocycles. The minimum Gasteiger partial charge on any atom is -0.393 e. The Balaban J connectivity index is 0.000000241. The van der Waals surface area contributed by atoms with Gasteiger partial charge in [0.1, 0.15) is 11.3 Å². The number of rotatable bonds is 10. The highest BCUT2D eigenvalue weighted by Crippen LogP contribution is 2.38. The monoisotopic (exact) mass is 652 g/mol. The number of carbonyl (C=O) groups excluding carboxylic acids is 3. The molecular weight excluding hydrogens is 588 g/mol. The van der Waals surface area contributed by atoms with Crippen LogP contribution in [0.4, 0.5) is 0 Å². The lowest BCUT2D eigenvalue weighted by atomic mass is 9.80. The Morgan fingerprint density at radius 3 is 1.89 bits per heavy atom. The Morgan fingerprint density at radius 2 is 1.39 bits per heavy atom. The number of aliphatic hydroxyl groups is 2. The van der Waals surface area contributed by atoms with Crippen molar-refractivity contribution in [2.45, 2.75) is 187 Å². The summed E-state index contributed by atoms with van der Waals surface area (Å²) < 4.78 is 0. The van der Waals surface area contributed by atoms with Crippen molar-refractivity contribution < 1.29 is 34.6 Å². The summed E-state index contributed by atoms with van der Waals surface area (Å²) in [5, 5.41) is 33.2. The van der Waals surface area contributed by atoms with Crippen LogP contribution in [-0.4, -0.2) is 67.4 Å². The van der Waals surface area contributed by atoms with Crippen molar-refractivity contribution in [1.29, 1.82) is 0 Å². The van der Waals surface area contributed by atoms with E-state index >= 15 is 0 Å². The predicted octanol–water partition coefficient (Wildman–Crippen LogP) is 7.28. The van der Waals surface area contributed by atoms with Gasteiger partial charge in [0, 0.05) is 5.92 Å². The number of hydrogen-bond donors (Lipinski definition) is 3. The summed E-state index contributed by atoms with van der Waals surface area (Å²) >= 11 is 0. The van der Waals surface area contributed by atoms with Crippen molar-refractivity contribution in [3.8, 4) is 0 Å². The number of nitrogens with zero attached hydrogens (tertiary/aromatic N) is 2. The lowest BCUT2D eigenvalue weighted by Crippen LogP contribution is -2.49. The molecule has 4 fully saturated rings. The number of aliphatic hydroxyl groups excluding tert-OH is 2. The molecule has 9 unspecified atom stereocenters. The van der Waals surface area contributed by atoms with Gasteiger partial charge in [-0.1, -0.05) is 55.9 Å². The summed E-state index contributed by atoms with van der Waals surface area (Å²) in [6.45, 7) is 9.89. The van der Waals surface area contributed by atoms with E-state index in [0.29, 0.717) is 31.1 Å². The first-order valence-corrected chi connectivity index (χ1v) is 18.0. The van der Waals surface area contributed by atoms with Crippen molar-refractivity contribution in [3.63, 3.8) is 0 Å². The zero-order valence-corrected chi connectivity index (χ0v) is 29.5. The molecule has 0 aromatic carbocycles. The molecule has 0 spiro atoms. The van der Waals surface area contributed by atoms with E-state index in [9.17, 15) is 34.7 Å². The number of carbonyl (C=O) groups is 3. The third-order valence-electron chi connectivity index (χ3n) is 11.6. The van der Waals surface area contributed by atoms with Gasteiger partial charge in [-0.05, 0) is 129 Å². The summed E-state index contributed by atoms with van der Waals surface area (Å²) in [7, 11) is 0. The fraction of sp³-hybridized carbons (Fsp3) is 0.917. The van der Waals surface area contributed by atoms with Crippen molar-refractivity contribution in [3.05, 3.63) is 4.91 Å². The molecule has 0 aromatic heterocycles. The molecule has 10 nitrogen and oxygen atoms in total. The lowest BCUT2D eigenvalue weighted by Gasteiger charge is -2.33. The van der Waals surface area contributed by atoms with Gasteiger partial charge in [0.05, 0.1) is 18.3 Å². The normalized spacial score (nSPS) is 33.7. The second-order valence-corrected chi connectivity index (χ2v) is 15.1. The van der Waals surface area contributed by atoms with Crippen molar-refractivity contribution >= 4 is 17.3 Å². The molecule has 0 bridgehead atoms. The first kappa shape index (κ1) is 40.6. The molecule has 10 heteroatoms. The Bertz CT molecular complexity index is 978. The van der Waals surface area contributed by atoms with E-state index in [2.05, 4.69) is 5.18 Å². The maximum Gasteiger partial charge on any atom is 0.160 e. The van der Waals surface area contributed by atoms with E-state index in [1.165, 1.54) is 33.1 Å². The fourth-order valence-corrected chi connectivity index (χ4v) is 7.23. The fourth-order valence-electron chi connectivity index (χ4n) is 7.23. The summed E-state index contributed by atoms with van der Waals surface area (Å²) in [4.78, 5) is 50.2. The molecular formula is C36H64N2O8. The average Bonchev–Trinajstić information content (AvgIpc) is 3.16. The van der Waals surface area contributed by atoms with Crippen LogP contribution >= 0.6 is 0 Å². The number of ketones is 3. The van der Waals surface area contributed by atoms with Crippen LogP contribution in [0.15, 0.2) is 5.18 Å². The van der Waals surface area contributed by atoms with E-state index in [0.717, 1.165) is 82.3 Å². The highest BCUT2D eigenvalue weighted by Gasteiger charge is 2.44. The molecule has 3 aliphatic carbocycles. The summed E-state index contributed by atoms with van der Waals surface area (Å²) in [5.74, 6) is 1.41. The quantitative estimate of drug-likeness (QED) is 0.207. The SMILES string of the molecule is CC(=O)C(C)(CCC1CCCCC1O)N=O.CC(=O)C(C)CCC1CCCCC1O.CC(=O)C1(C)CCC2CCCCC2ON1O. The molecule has 0 radical (unpaired) electrons. The minimum atomic E-state index is -1.10. The Hall–Kier alpha value is -1.59. The van der Waals surface area contributed by atoms with Crippen LogP contribution in [-0.2, 0) is 19.2 Å². The standard InChI is InChI=1S/2C12H21NO3.C12H22O2/c1-9(14)12(2)8-7-10-5-3-4-6-11(10)16-13(12)15;1-9(14)12(2,13-16)8-7-10-5-3-4-6-11(10)15;1-9(10(2)13)7-8-11-5-3-4-6-12(11)14/h2*10-11,15H,3-8H2,1-2H3;9,11-12,14H,3-8H2,1-2H3. The van der Waals surface area contributed by atoms with Crippen LogP contribution < -0.4 is 0 Å². The number of Topliss-reactive ketones (excluding diaryl/α,β-unsaturated/α-hetero) is 3. The van der Waals surface area contributed by atoms with Gasteiger partial charge in [0.2, 0.25) is 0 Å². The molecule has 1 aliphatic heterocycles. The van der Waals surface area contributed by atoms with Gasteiger partial charge in [-0.3, -0.25) is 24.4 Å². The highest BCUT2D eigenvalue weighted by molar-refractivity contribution is 5.86. The Kier molecular flexibility index (Phi) is 17.1. The van der Waals surface area contributed by atoms with Crippen molar-refractivity contribution in [1.82, 2.24) is 5.23 Å². The first-order valence-electron chi connectivity index (χ1n) is 18.0. The summed E-state index contributed by atoms with van der Waals surface area (Å²) in [6, 6.07) is 0. The molecule has 3 N–H and O–H groups in total. The van der Waals surface area contributed by atoms with Gasteiger partial charge in [-0.15, -0.1) is 4.91 Å². The van der Waals surface area contributed by atoms with Gasteiger partial charge in [-0.2, -0.15) is 0 Å². The number of fused-ring (bicyclic) bond motifs is 1. The number of hydroxylamine groups is 2. The van der Waals surface area contributed by atoms with Crippen LogP contribution in [0.2, 0.25) is 0 Å². The zero-order chi connectivity index (χ0) is 34.5. The maximum absolute atomic E-state index is 11.6. The van der Waals surface area contributed by atoms with E-state index in [-0.39, 0.29) is 47.5 Å². The van der Waals surface area contributed by atoms with Crippen LogP contribution in [0.3, 0.4) is 0 Å². The van der Waals surface area contributed by atoms with E-state index in [1.54, 1.807) is 20.8 Å². The topological polar surface area (TPSA) is 154 Å². The van der Waals surface area contributed by atoms with Crippen molar-refractivity contribution in [2.75, 3.05) is 0 Å². The zero-order valence-electron chi connectivity index (χ0n) is 29.5. The molecule has 3 saturated carbocycles. The van der Waals surface area contributed by atoms with E-state index in [1.807, 2.05) is 6.92 Å². The van der Waals surface area contributed by atoms with Crippen LogP contribution in [0, 0.1) is 28.6 Å². The third kappa shape index (κ3) is 12.1. The molecule has 4 rings (SSSR count). The predicted molar refractivity (Wildman–Crippen MR) is 178 cm³/mol. The maximum atomic E-state index is 11.6. The number of hydrogen-bond acceptors (Lipinski definition) is 10. The van der Waals surface area contributed by atoms with Crippen LogP contribution in [0.25, 0.3) is 0 Å². The third-order valence-corrected chi connectivity index (χ3v) is 11.6. The second-order valence-electron chi connectivity index (χ2n) is 15.1. The van der Waals surface area contributed by atoms with Gasteiger partial charge in [-0.25, -0.2) is 0 Å². The molecule has 0 aromatic rings. The van der Waals surface area contributed by atoms with Crippen LogP contribution in [0.5, 0.6) is 0 Å². The van der Waals surface area contributed by atoms with Crippen LogP contribution in [0.1, 0.15) is 157 Å². The van der Waals surface area contributed by atoms with Gasteiger partial charge in [0.25, 0.3) is 0 Å². The van der Waals surface area contributed by atoms with Gasteiger partial charge >= 0.3 is 0 Å². The van der Waals surface area contributed by atoms with Gasteiger partial charge < -0.3 is 10.2 Å². The minimum absolute atomic E-state index is 0.0337.